The second kappa shape index (κ2) is 6.71. The summed E-state index contributed by atoms with van der Waals surface area (Å²) in [7, 11) is 1.86. The SMILES string of the molecule is Cc1ccc(CCN(C)C(=O)CCC(C)(C)N)cc1. The summed E-state index contributed by atoms with van der Waals surface area (Å²) in [5, 5.41) is 0. The lowest BCUT2D eigenvalue weighted by molar-refractivity contribution is -0.130. The number of hydrogen-bond acceptors (Lipinski definition) is 2. The second-order valence-electron chi connectivity index (χ2n) is 6.04. The molecular formula is C16H26N2O. The van der Waals surface area contributed by atoms with Gasteiger partial charge in [-0.2, -0.15) is 0 Å². The molecule has 2 N–H and O–H groups in total. The summed E-state index contributed by atoms with van der Waals surface area (Å²) >= 11 is 0. The number of carbonyl (C=O) groups excluding carboxylic acids is 1. The molecule has 0 aliphatic heterocycles. The fourth-order valence-corrected chi connectivity index (χ4v) is 1.80. The van der Waals surface area contributed by atoms with Crippen molar-refractivity contribution in [3.8, 4) is 0 Å². The van der Waals surface area contributed by atoms with E-state index < -0.39 is 0 Å². The Hall–Kier alpha value is -1.35. The lowest BCUT2D eigenvalue weighted by atomic mass is 10.00. The highest BCUT2D eigenvalue weighted by molar-refractivity contribution is 5.75. The molecule has 0 aromatic heterocycles. The predicted molar refractivity (Wildman–Crippen MR) is 80.0 cm³/mol. The average molecular weight is 262 g/mol. The van der Waals surface area contributed by atoms with Gasteiger partial charge in [-0.25, -0.2) is 0 Å². The molecule has 0 aliphatic rings. The van der Waals surface area contributed by atoms with Crippen LogP contribution in [-0.4, -0.2) is 29.9 Å². The standard InChI is InChI=1S/C16H26N2O/c1-13-5-7-14(8-6-13)10-12-18(4)15(19)9-11-16(2,3)17/h5-8H,9-12,17H2,1-4H3. The van der Waals surface area contributed by atoms with Gasteiger partial charge < -0.3 is 10.6 Å². The normalized spacial score (nSPS) is 11.4. The van der Waals surface area contributed by atoms with Crippen molar-refractivity contribution in [3.63, 3.8) is 0 Å². The minimum absolute atomic E-state index is 0.172. The molecule has 1 rings (SSSR count). The molecule has 1 aromatic rings. The Kier molecular flexibility index (Phi) is 5.55. The average Bonchev–Trinajstić information content (AvgIpc) is 2.34. The summed E-state index contributed by atoms with van der Waals surface area (Å²) in [6, 6.07) is 8.45. The van der Waals surface area contributed by atoms with E-state index in [-0.39, 0.29) is 11.4 Å². The van der Waals surface area contributed by atoms with Gasteiger partial charge in [0.2, 0.25) is 5.91 Å². The van der Waals surface area contributed by atoms with Gasteiger partial charge in [0.1, 0.15) is 0 Å². The number of benzene rings is 1. The van der Waals surface area contributed by atoms with E-state index in [9.17, 15) is 4.79 Å². The Morgan fingerprint density at radius 2 is 1.84 bits per heavy atom. The van der Waals surface area contributed by atoms with Gasteiger partial charge >= 0.3 is 0 Å². The quantitative estimate of drug-likeness (QED) is 0.856. The number of nitrogens with zero attached hydrogens (tertiary/aromatic N) is 1. The Morgan fingerprint density at radius 1 is 1.26 bits per heavy atom. The van der Waals surface area contributed by atoms with Crippen LogP contribution in [0.25, 0.3) is 0 Å². The molecule has 0 bridgehead atoms. The Bertz CT molecular complexity index is 404. The topological polar surface area (TPSA) is 46.3 Å². The van der Waals surface area contributed by atoms with Crippen LogP contribution in [0.1, 0.15) is 37.8 Å². The molecule has 1 aromatic carbocycles. The molecule has 0 aliphatic carbocycles. The molecule has 3 heteroatoms. The van der Waals surface area contributed by atoms with Crippen LogP contribution in [0.5, 0.6) is 0 Å². The van der Waals surface area contributed by atoms with Gasteiger partial charge in [0, 0.05) is 25.6 Å². The second-order valence-corrected chi connectivity index (χ2v) is 6.04. The van der Waals surface area contributed by atoms with E-state index in [0.29, 0.717) is 6.42 Å². The lowest BCUT2D eigenvalue weighted by Crippen LogP contribution is -2.35. The number of aryl methyl sites for hydroxylation is 1. The van der Waals surface area contributed by atoms with Gasteiger partial charge in [-0.3, -0.25) is 4.79 Å². The van der Waals surface area contributed by atoms with Crippen molar-refractivity contribution < 1.29 is 4.79 Å². The van der Waals surface area contributed by atoms with Crippen molar-refractivity contribution in [1.29, 1.82) is 0 Å². The summed E-state index contributed by atoms with van der Waals surface area (Å²) in [5.41, 5.74) is 8.15. The third-order valence-corrected chi connectivity index (χ3v) is 3.27. The Balaban J connectivity index is 2.36. The molecule has 0 unspecified atom stereocenters. The minimum Gasteiger partial charge on any atom is -0.345 e. The third-order valence-electron chi connectivity index (χ3n) is 3.27. The molecule has 0 saturated heterocycles. The van der Waals surface area contributed by atoms with Crippen molar-refractivity contribution in [2.24, 2.45) is 5.73 Å². The smallest absolute Gasteiger partial charge is 0.222 e. The zero-order valence-corrected chi connectivity index (χ0v) is 12.6. The van der Waals surface area contributed by atoms with E-state index in [0.717, 1.165) is 19.4 Å². The Morgan fingerprint density at radius 3 is 2.37 bits per heavy atom. The molecular weight excluding hydrogens is 236 g/mol. The maximum atomic E-state index is 11.9. The van der Waals surface area contributed by atoms with Crippen molar-refractivity contribution in [3.05, 3.63) is 35.4 Å². The van der Waals surface area contributed by atoms with Crippen LogP contribution in [0.15, 0.2) is 24.3 Å². The molecule has 1 amide bonds. The lowest BCUT2D eigenvalue weighted by Gasteiger charge is -2.21. The van der Waals surface area contributed by atoms with Crippen LogP contribution in [0.3, 0.4) is 0 Å². The third kappa shape index (κ3) is 6.39. The molecule has 0 fully saturated rings. The number of rotatable bonds is 6. The van der Waals surface area contributed by atoms with Gasteiger partial charge in [0.05, 0.1) is 0 Å². The first kappa shape index (κ1) is 15.7. The molecule has 19 heavy (non-hydrogen) atoms. The highest BCUT2D eigenvalue weighted by Crippen LogP contribution is 2.09. The Labute approximate surface area is 116 Å². The molecule has 0 saturated carbocycles. The zero-order chi connectivity index (χ0) is 14.5. The van der Waals surface area contributed by atoms with Crippen LogP contribution in [0.4, 0.5) is 0 Å². The van der Waals surface area contributed by atoms with E-state index in [1.165, 1.54) is 11.1 Å². The van der Waals surface area contributed by atoms with Crippen LogP contribution in [0.2, 0.25) is 0 Å². The summed E-state index contributed by atoms with van der Waals surface area (Å²) in [6.07, 6.45) is 2.14. The predicted octanol–water partition coefficient (Wildman–Crippen LogP) is 2.51. The highest BCUT2D eigenvalue weighted by Gasteiger charge is 2.15. The van der Waals surface area contributed by atoms with E-state index in [1.54, 1.807) is 4.90 Å². The van der Waals surface area contributed by atoms with Gasteiger partial charge in [-0.05, 0) is 39.2 Å². The van der Waals surface area contributed by atoms with Gasteiger partial charge in [0.15, 0.2) is 0 Å². The summed E-state index contributed by atoms with van der Waals surface area (Å²) < 4.78 is 0. The first-order valence-corrected chi connectivity index (χ1v) is 6.86. The van der Waals surface area contributed by atoms with Gasteiger partial charge in [0.25, 0.3) is 0 Å². The molecule has 0 radical (unpaired) electrons. The monoisotopic (exact) mass is 262 g/mol. The van der Waals surface area contributed by atoms with Crippen molar-refractivity contribution in [1.82, 2.24) is 4.90 Å². The minimum atomic E-state index is -0.270. The van der Waals surface area contributed by atoms with Crippen molar-refractivity contribution in [2.45, 2.75) is 45.6 Å². The highest BCUT2D eigenvalue weighted by atomic mass is 16.2. The maximum Gasteiger partial charge on any atom is 0.222 e. The summed E-state index contributed by atoms with van der Waals surface area (Å²) in [4.78, 5) is 13.7. The van der Waals surface area contributed by atoms with Gasteiger partial charge in [-0.1, -0.05) is 29.8 Å². The van der Waals surface area contributed by atoms with Crippen LogP contribution < -0.4 is 5.73 Å². The van der Waals surface area contributed by atoms with E-state index in [4.69, 9.17) is 5.73 Å². The number of likely N-dealkylation sites (N-methyl/N-ethyl adjacent to an activating group) is 1. The molecule has 3 nitrogen and oxygen atoms in total. The van der Waals surface area contributed by atoms with Crippen LogP contribution >= 0.6 is 0 Å². The van der Waals surface area contributed by atoms with E-state index in [1.807, 2.05) is 20.9 Å². The first-order valence-electron chi connectivity index (χ1n) is 6.86. The number of nitrogens with two attached hydrogens (primary N) is 1. The maximum absolute atomic E-state index is 11.9. The van der Waals surface area contributed by atoms with Crippen LogP contribution in [-0.2, 0) is 11.2 Å². The molecule has 0 atom stereocenters. The number of carbonyl (C=O) groups is 1. The number of hydrogen-bond donors (Lipinski definition) is 1. The van der Waals surface area contributed by atoms with Gasteiger partial charge in [-0.15, -0.1) is 0 Å². The molecule has 106 valence electrons. The fourth-order valence-electron chi connectivity index (χ4n) is 1.80. The number of amides is 1. The molecule has 0 heterocycles. The summed E-state index contributed by atoms with van der Waals surface area (Å²) in [5.74, 6) is 0.172. The van der Waals surface area contributed by atoms with E-state index >= 15 is 0 Å². The fraction of sp³-hybridized carbons (Fsp3) is 0.562. The molecule has 0 spiro atoms. The van der Waals surface area contributed by atoms with Crippen molar-refractivity contribution >= 4 is 5.91 Å². The zero-order valence-electron chi connectivity index (χ0n) is 12.6. The summed E-state index contributed by atoms with van der Waals surface area (Å²) in [6.45, 7) is 6.74. The van der Waals surface area contributed by atoms with Crippen LogP contribution in [0, 0.1) is 6.92 Å². The largest absolute Gasteiger partial charge is 0.345 e. The van der Waals surface area contributed by atoms with Crippen molar-refractivity contribution in [2.75, 3.05) is 13.6 Å². The van der Waals surface area contributed by atoms with E-state index in [2.05, 4.69) is 31.2 Å². The first-order chi connectivity index (χ1) is 8.78.